The second-order valence-corrected chi connectivity index (χ2v) is 5.44. The molecular weight excluding hydrogens is 319 g/mol. The molecule has 3 nitrogen and oxygen atoms in total. The molecule has 0 heterocycles. The van der Waals surface area contributed by atoms with Crippen molar-refractivity contribution < 1.29 is 14.3 Å². The predicted molar refractivity (Wildman–Crippen MR) is 66.4 cm³/mol. The molecule has 0 bridgehead atoms. The smallest absolute Gasteiger partial charge is 0.361 e. The fourth-order valence-corrected chi connectivity index (χ4v) is 1.77. The number of hydrogen-bond acceptors (Lipinski definition) is 3. The zero-order valence-electron chi connectivity index (χ0n) is 8.59. The highest BCUT2D eigenvalue weighted by Crippen LogP contribution is 2.32. The van der Waals surface area contributed by atoms with Gasteiger partial charge in [0.2, 0.25) is 0 Å². The average molecular weight is 328 g/mol. The SMILES string of the molecule is COC(=O)C(C)(Br)Oc1ccc(Cl)cc1Cl. The van der Waals surface area contributed by atoms with Crippen molar-refractivity contribution in [3.8, 4) is 5.75 Å². The van der Waals surface area contributed by atoms with E-state index in [1.54, 1.807) is 12.1 Å². The monoisotopic (exact) mass is 326 g/mol. The Balaban J connectivity index is 2.92. The van der Waals surface area contributed by atoms with Crippen LogP contribution in [0.3, 0.4) is 0 Å². The maximum atomic E-state index is 11.4. The van der Waals surface area contributed by atoms with Crippen molar-refractivity contribution in [1.82, 2.24) is 0 Å². The molecule has 0 N–H and O–H groups in total. The summed E-state index contributed by atoms with van der Waals surface area (Å²) in [5.74, 6) is -0.214. The Hall–Kier alpha value is -0.450. The van der Waals surface area contributed by atoms with Crippen LogP contribution < -0.4 is 4.74 Å². The van der Waals surface area contributed by atoms with E-state index in [-0.39, 0.29) is 0 Å². The van der Waals surface area contributed by atoms with Gasteiger partial charge in [0.05, 0.1) is 12.1 Å². The highest BCUT2D eigenvalue weighted by Gasteiger charge is 2.34. The molecule has 16 heavy (non-hydrogen) atoms. The summed E-state index contributed by atoms with van der Waals surface area (Å²) in [5, 5.41) is 0.814. The third-order valence-corrected chi connectivity index (χ3v) is 2.76. The number of halogens is 3. The molecule has 0 saturated carbocycles. The van der Waals surface area contributed by atoms with E-state index in [0.29, 0.717) is 15.8 Å². The van der Waals surface area contributed by atoms with Crippen LogP contribution in [0.15, 0.2) is 18.2 Å². The lowest BCUT2D eigenvalue weighted by Gasteiger charge is -2.22. The fourth-order valence-electron chi connectivity index (χ4n) is 0.988. The highest BCUT2D eigenvalue weighted by atomic mass is 79.9. The second kappa shape index (κ2) is 5.25. The number of ether oxygens (including phenoxy) is 2. The third kappa shape index (κ3) is 3.27. The molecule has 1 aromatic rings. The van der Waals surface area contributed by atoms with Crippen molar-refractivity contribution in [2.75, 3.05) is 7.11 Å². The van der Waals surface area contributed by atoms with Crippen LogP contribution in [0.1, 0.15) is 6.92 Å². The second-order valence-electron chi connectivity index (χ2n) is 3.09. The van der Waals surface area contributed by atoms with Crippen molar-refractivity contribution in [3.05, 3.63) is 28.2 Å². The van der Waals surface area contributed by atoms with Crippen LogP contribution in [0.4, 0.5) is 0 Å². The zero-order valence-corrected chi connectivity index (χ0v) is 11.7. The summed E-state index contributed by atoms with van der Waals surface area (Å²) in [4.78, 5) is 11.4. The summed E-state index contributed by atoms with van der Waals surface area (Å²) < 4.78 is 8.68. The molecule has 0 fully saturated rings. The standard InChI is InChI=1S/C10H9BrCl2O3/c1-10(11,9(14)15-2)16-8-4-3-6(12)5-7(8)13/h3-5H,1-2H3. The molecule has 88 valence electrons. The maximum absolute atomic E-state index is 11.4. The molecule has 0 aromatic heterocycles. The van der Waals surface area contributed by atoms with E-state index in [0.717, 1.165) is 0 Å². The largest absolute Gasteiger partial charge is 0.465 e. The Morgan fingerprint density at radius 3 is 2.56 bits per heavy atom. The average Bonchev–Trinajstić information content (AvgIpc) is 2.21. The lowest BCUT2D eigenvalue weighted by atomic mass is 10.3. The first-order chi connectivity index (χ1) is 7.36. The number of benzene rings is 1. The normalized spacial score (nSPS) is 14.1. The van der Waals surface area contributed by atoms with Crippen LogP contribution >= 0.6 is 39.1 Å². The Morgan fingerprint density at radius 2 is 2.06 bits per heavy atom. The molecule has 6 heteroatoms. The molecule has 0 aliphatic rings. The van der Waals surface area contributed by atoms with E-state index in [1.807, 2.05) is 0 Å². The first-order valence-corrected chi connectivity index (χ1v) is 5.83. The van der Waals surface area contributed by atoms with Crippen LogP contribution in [0.25, 0.3) is 0 Å². The van der Waals surface area contributed by atoms with Crippen LogP contribution in [0.5, 0.6) is 5.75 Å². The van der Waals surface area contributed by atoms with E-state index >= 15 is 0 Å². The van der Waals surface area contributed by atoms with Crippen LogP contribution in [0, 0.1) is 0 Å². The first-order valence-electron chi connectivity index (χ1n) is 4.28. The van der Waals surface area contributed by atoms with Crippen molar-refractivity contribution in [2.45, 2.75) is 11.4 Å². The fraction of sp³-hybridized carbons (Fsp3) is 0.300. The summed E-state index contributed by atoms with van der Waals surface area (Å²) >= 11 is 14.7. The summed E-state index contributed by atoms with van der Waals surface area (Å²) in [6, 6.07) is 4.72. The van der Waals surface area contributed by atoms with Gasteiger partial charge in [-0.2, -0.15) is 0 Å². The van der Waals surface area contributed by atoms with Gasteiger partial charge in [-0.25, -0.2) is 4.79 Å². The molecule has 0 radical (unpaired) electrons. The minimum absolute atomic E-state index is 0.321. The molecular formula is C10H9BrCl2O3. The van der Waals surface area contributed by atoms with Gasteiger partial charge in [-0.3, -0.25) is 0 Å². The van der Waals surface area contributed by atoms with Crippen LogP contribution in [-0.4, -0.2) is 17.6 Å². The minimum atomic E-state index is -1.28. The van der Waals surface area contributed by atoms with Crippen LogP contribution in [0.2, 0.25) is 10.0 Å². The van der Waals surface area contributed by atoms with E-state index in [4.69, 9.17) is 27.9 Å². The molecule has 0 saturated heterocycles. The van der Waals surface area contributed by atoms with Gasteiger partial charge in [-0.15, -0.1) is 0 Å². The lowest BCUT2D eigenvalue weighted by molar-refractivity contribution is -0.149. The van der Waals surface area contributed by atoms with E-state index in [9.17, 15) is 4.79 Å². The van der Waals surface area contributed by atoms with Gasteiger partial charge in [-0.1, -0.05) is 23.2 Å². The summed E-state index contributed by atoms with van der Waals surface area (Å²) in [6.45, 7) is 1.52. The molecule has 0 aliphatic carbocycles. The number of hydrogen-bond donors (Lipinski definition) is 0. The van der Waals surface area contributed by atoms with Crippen molar-refractivity contribution in [2.24, 2.45) is 0 Å². The Morgan fingerprint density at radius 1 is 1.44 bits per heavy atom. The topological polar surface area (TPSA) is 35.5 Å². The van der Waals surface area contributed by atoms with E-state index in [1.165, 1.54) is 20.1 Å². The summed E-state index contributed by atoms with van der Waals surface area (Å²) in [7, 11) is 1.27. The number of carbonyl (C=O) groups excluding carboxylic acids is 1. The van der Waals surface area contributed by atoms with Gasteiger partial charge in [-0.05, 0) is 41.1 Å². The quantitative estimate of drug-likeness (QED) is 0.628. The number of esters is 1. The van der Waals surface area contributed by atoms with Crippen molar-refractivity contribution >= 4 is 45.1 Å². The van der Waals surface area contributed by atoms with Gasteiger partial charge < -0.3 is 9.47 Å². The predicted octanol–water partition coefficient (Wildman–Crippen LogP) is 3.66. The lowest BCUT2D eigenvalue weighted by Crippen LogP contribution is -2.35. The minimum Gasteiger partial charge on any atom is -0.465 e. The number of alkyl halides is 1. The Labute approximate surface area is 112 Å². The summed E-state index contributed by atoms with van der Waals surface area (Å²) in [6.07, 6.45) is 0. The van der Waals surface area contributed by atoms with Crippen LogP contribution in [-0.2, 0) is 9.53 Å². The van der Waals surface area contributed by atoms with Gasteiger partial charge >= 0.3 is 5.97 Å². The van der Waals surface area contributed by atoms with Crippen molar-refractivity contribution in [3.63, 3.8) is 0 Å². The summed E-state index contributed by atoms with van der Waals surface area (Å²) in [5.41, 5.74) is 0. The molecule has 0 amide bonds. The van der Waals surface area contributed by atoms with Gasteiger partial charge in [0, 0.05) is 5.02 Å². The molecule has 0 spiro atoms. The van der Waals surface area contributed by atoms with E-state index in [2.05, 4.69) is 20.7 Å². The molecule has 1 unspecified atom stereocenters. The Kier molecular flexibility index (Phi) is 4.47. The maximum Gasteiger partial charge on any atom is 0.361 e. The van der Waals surface area contributed by atoms with Gasteiger partial charge in [0.25, 0.3) is 4.51 Å². The molecule has 1 rings (SSSR count). The zero-order chi connectivity index (χ0) is 12.3. The Bertz CT molecular complexity index is 407. The van der Waals surface area contributed by atoms with Gasteiger partial charge in [0.1, 0.15) is 5.75 Å². The first kappa shape index (κ1) is 13.6. The number of carbonyl (C=O) groups is 1. The highest BCUT2D eigenvalue weighted by molar-refractivity contribution is 9.10. The third-order valence-electron chi connectivity index (χ3n) is 1.75. The number of rotatable bonds is 3. The molecule has 0 aliphatic heterocycles. The molecule has 1 atom stereocenters. The van der Waals surface area contributed by atoms with E-state index < -0.39 is 10.5 Å². The van der Waals surface area contributed by atoms with Gasteiger partial charge in [0.15, 0.2) is 0 Å². The molecule has 1 aromatic carbocycles. The number of methoxy groups -OCH3 is 1. The van der Waals surface area contributed by atoms with Crippen molar-refractivity contribution in [1.29, 1.82) is 0 Å².